The van der Waals surface area contributed by atoms with Gasteiger partial charge >= 0.3 is 0 Å². The molecule has 0 bridgehead atoms. The van der Waals surface area contributed by atoms with Crippen molar-refractivity contribution in [2.24, 2.45) is 0 Å². The Kier molecular flexibility index (Phi) is 1.71. The maximum Gasteiger partial charge on any atom is 0.178 e. The Bertz CT molecular complexity index is 511. The summed E-state index contributed by atoms with van der Waals surface area (Å²) in [6.07, 6.45) is 5.71. The predicted molar refractivity (Wildman–Crippen MR) is 58.7 cm³/mol. The summed E-state index contributed by atoms with van der Waals surface area (Å²) in [6, 6.07) is 1.94. The van der Waals surface area contributed by atoms with Crippen molar-refractivity contribution in [2.75, 3.05) is 5.73 Å². The first-order valence-corrected chi connectivity index (χ1v) is 5.36. The molecule has 0 aromatic carbocycles. The molecule has 1 fully saturated rings. The zero-order valence-electron chi connectivity index (χ0n) is 8.77. The Labute approximate surface area is 88.1 Å². The summed E-state index contributed by atoms with van der Waals surface area (Å²) < 4.78 is 1.80. The largest absolute Gasteiger partial charge is 0.396 e. The Balaban J connectivity index is 2.16. The predicted octanol–water partition coefficient (Wildman–Crippen LogP) is 1.89. The van der Waals surface area contributed by atoms with E-state index >= 15 is 0 Å². The minimum atomic E-state index is 0.560. The van der Waals surface area contributed by atoms with Gasteiger partial charge in [0.1, 0.15) is 0 Å². The van der Waals surface area contributed by atoms with Gasteiger partial charge in [-0.25, -0.2) is 9.50 Å². The van der Waals surface area contributed by atoms with Crippen LogP contribution >= 0.6 is 0 Å². The summed E-state index contributed by atoms with van der Waals surface area (Å²) in [5.74, 6) is 1.52. The van der Waals surface area contributed by atoms with Crippen LogP contribution in [-0.4, -0.2) is 14.6 Å². The maximum absolute atomic E-state index is 5.91. The number of anilines is 1. The normalized spacial score (nSPS) is 16.9. The lowest BCUT2D eigenvalue weighted by Gasteiger charge is -2.21. The highest BCUT2D eigenvalue weighted by Gasteiger charge is 2.24. The third kappa shape index (κ3) is 1.28. The van der Waals surface area contributed by atoms with Crippen LogP contribution in [0.5, 0.6) is 0 Å². The van der Waals surface area contributed by atoms with E-state index in [1.54, 1.807) is 4.52 Å². The van der Waals surface area contributed by atoms with Crippen molar-refractivity contribution in [1.82, 2.24) is 14.6 Å². The molecular formula is C11H14N4. The average Bonchev–Trinajstić information content (AvgIpc) is 2.44. The molecule has 0 aliphatic heterocycles. The lowest BCUT2D eigenvalue weighted by atomic mass is 9.85. The summed E-state index contributed by atoms with van der Waals surface area (Å²) in [5, 5.41) is 4.48. The number of nitrogen functional groups attached to an aromatic ring is 1. The molecule has 2 N–H and O–H groups in total. The average molecular weight is 202 g/mol. The Morgan fingerprint density at radius 1 is 1.47 bits per heavy atom. The van der Waals surface area contributed by atoms with Crippen LogP contribution in [0.4, 0.5) is 5.69 Å². The Morgan fingerprint density at radius 2 is 2.27 bits per heavy atom. The van der Waals surface area contributed by atoms with Gasteiger partial charge < -0.3 is 5.73 Å². The highest BCUT2D eigenvalue weighted by Crippen LogP contribution is 2.34. The topological polar surface area (TPSA) is 56.2 Å². The quantitative estimate of drug-likeness (QED) is 0.768. The van der Waals surface area contributed by atoms with Crippen molar-refractivity contribution in [1.29, 1.82) is 0 Å². The van der Waals surface area contributed by atoms with E-state index in [2.05, 4.69) is 10.1 Å². The first-order valence-electron chi connectivity index (χ1n) is 5.36. The number of pyridine rings is 1. The molecule has 4 heteroatoms. The van der Waals surface area contributed by atoms with E-state index in [-0.39, 0.29) is 0 Å². The third-order valence-corrected chi connectivity index (χ3v) is 3.09. The summed E-state index contributed by atoms with van der Waals surface area (Å²) in [4.78, 5) is 4.50. The van der Waals surface area contributed by atoms with Crippen molar-refractivity contribution in [3.8, 4) is 0 Å². The molecule has 2 aromatic heterocycles. The highest BCUT2D eigenvalue weighted by atomic mass is 15.3. The zero-order valence-corrected chi connectivity index (χ0v) is 8.77. The number of rotatable bonds is 1. The van der Waals surface area contributed by atoms with E-state index in [1.807, 2.05) is 19.2 Å². The van der Waals surface area contributed by atoms with Crippen LogP contribution in [0.3, 0.4) is 0 Å². The van der Waals surface area contributed by atoms with Gasteiger partial charge in [0.2, 0.25) is 0 Å². The molecule has 0 spiro atoms. The van der Waals surface area contributed by atoms with E-state index in [0.717, 1.165) is 17.0 Å². The van der Waals surface area contributed by atoms with E-state index in [4.69, 9.17) is 5.73 Å². The van der Waals surface area contributed by atoms with Crippen LogP contribution in [0.25, 0.3) is 5.65 Å². The molecular weight excluding hydrogens is 188 g/mol. The highest BCUT2D eigenvalue weighted by molar-refractivity contribution is 5.64. The fourth-order valence-corrected chi connectivity index (χ4v) is 2.01. The molecule has 1 aliphatic carbocycles. The van der Waals surface area contributed by atoms with Crippen molar-refractivity contribution < 1.29 is 0 Å². The van der Waals surface area contributed by atoms with Crippen LogP contribution in [0.2, 0.25) is 0 Å². The maximum atomic E-state index is 5.91. The summed E-state index contributed by atoms with van der Waals surface area (Å²) >= 11 is 0. The second-order valence-corrected chi connectivity index (χ2v) is 4.34. The van der Waals surface area contributed by atoms with E-state index < -0.39 is 0 Å². The number of fused-ring (bicyclic) bond motifs is 1. The number of hydrogen-bond donors (Lipinski definition) is 1. The van der Waals surface area contributed by atoms with Crippen LogP contribution in [-0.2, 0) is 0 Å². The third-order valence-electron chi connectivity index (χ3n) is 3.09. The first-order chi connectivity index (χ1) is 7.24. The lowest BCUT2D eigenvalue weighted by Crippen LogP contribution is -2.10. The van der Waals surface area contributed by atoms with Gasteiger partial charge in [-0.15, -0.1) is 0 Å². The summed E-state index contributed by atoms with van der Waals surface area (Å²) in [6.45, 7) is 2.01. The number of nitrogens with two attached hydrogens (primary N) is 1. The van der Waals surface area contributed by atoms with E-state index in [0.29, 0.717) is 11.6 Å². The van der Waals surface area contributed by atoms with Gasteiger partial charge in [0.15, 0.2) is 11.5 Å². The minimum absolute atomic E-state index is 0.560. The molecule has 0 radical (unpaired) electrons. The second kappa shape index (κ2) is 2.95. The molecule has 1 saturated carbocycles. The lowest BCUT2D eigenvalue weighted by molar-refractivity contribution is 0.402. The number of hydrogen-bond acceptors (Lipinski definition) is 3. The summed E-state index contributed by atoms with van der Waals surface area (Å²) in [5.41, 5.74) is 8.53. The molecule has 1 aliphatic rings. The fourth-order valence-electron chi connectivity index (χ4n) is 2.01. The molecule has 2 aromatic rings. The van der Waals surface area contributed by atoms with Gasteiger partial charge in [0, 0.05) is 12.1 Å². The molecule has 3 rings (SSSR count). The van der Waals surface area contributed by atoms with Crippen molar-refractivity contribution >= 4 is 11.3 Å². The molecule has 0 atom stereocenters. The molecule has 0 amide bonds. The van der Waals surface area contributed by atoms with Gasteiger partial charge in [-0.05, 0) is 31.4 Å². The van der Waals surface area contributed by atoms with Gasteiger partial charge in [0.05, 0.1) is 5.69 Å². The van der Waals surface area contributed by atoms with Gasteiger partial charge in [-0.3, -0.25) is 0 Å². The van der Waals surface area contributed by atoms with Gasteiger partial charge in [-0.1, -0.05) is 6.42 Å². The Morgan fingerprint density at radius 3 is 2.93 bits per heavy atom. The molecule has 78 valence electrons. The van der Waals surface area contributed by atoms with Crippen molar-refractivity contribution in [2.45, 2.75) is 32.1 Å². The monoisotopic (exact) mass is 202 g/mol. The van der Waals surface area contributed by atoms with Crippen LogP contribution in [0, 0.1) is 6.92 Å². The SMILES string of the molecule is Cc1cc(N)c2nc(C3CCC3)nn2c1. The van der Waals surface area contributed by atoms with Crippen LogP contribution in [0.15, 0.2) is 12.3 Å². The van der Waals surface area contributed by atoms with Crippen molar-refractivity contribution in [3.63, 3.8) is 0 Å². The smallest absolute Gasteiger partial charge is 0.178 e. The minimum Gasteiger partial charge on any atom is -0.396 e. The van der Waals surface area contributed by atoms with E-state index in [9.17, 15) is 0 Å². The standard InChI is InChI=1S/C11H14N4/c1-7-5-9(12)11-13-10(8-3-2-4-8)14-15(11)6-7/h5-6,8H,2-4,12H2,1H3. The molecule has 2 heterocycles. The number of aryl methyl sites for hydroxylation is 1. The van der Waals surface area contributed by atoms with Crippen LogP contribution < -0.4 is 5.73 Å². The molecule has 0 unspecified atom stereocenters. The Hall–Kier alpha value is -1.58. The van der Waals surface area contributed by atoms with Crippen LogP contribution in [0.1, 0.15) is 36.6 Å². The molecule has 15 heavy (non-hydrogen) atoms. The molecule has 4 nitrogen and oxygen atoms in total. The first kappa shape index (κ1) is 8.71. The second-order valence-electron chi connectivity index (χ2n) is 4.34. The number of aromatic nitrogens is 3. The summed E-state index contributed by atoms with van der Waals surface area (Å²) in [7, 11) is 0. The van der Waals surface area contributed by atoms with Gasteiger partial charge in [0.25, 0.3) is 0 Å². The number of nitrogens with zero attached hydrogens (tertiary/aromatic N) is 3. The fraction of sp³-hybridized carbons (Fsp3) is 0.455. The molecule has 0 saturated heterocycles. The van der Waals surface area contributed by atoms with Gasteiger partial charge in [-0.2, -0.15) is 5.10 Å². The van der Waals surface area contributed by atoms with E-state index in [1.165, 1.54) is 19.3 Å². The zero-order chi connectivity index (χ0) is 10.4. The van der Waals surface area contributed by atoms with Crippen molar-refractivity contribution in [3.05, 3.63) is 23.7 Å².